The summed E-state index contributed by atoms with van der Waals surface area (Å²) in [6, 6.07) is 0. The van der Waals surface area contributed by atoms with Crippen molar-refractivity contribution in [1.29, 1.82) is 0 Å². The number of amides is 1. The fourth-order valence-electron chi connectivity index (χ4n) is 1.35. The molecule has 98 valence electrons. The van der Waals surface area contributed by atoms with Crippen LogP contribution < -0.4 is 11.1 Å². The average Bonchev–Trinajstić information content (AvgIpc) is 2.29. The molecule has 0 aliphatic heterocycles. The van der Waals surface area contributed by atoms with Gasteiger partial charge in [-0.1, -0.05) is 12.2 Å². The van der Waals surface area contributed by atoms with Crippen LogP contribution in [0, 0.1) is 13.8 Å². The number of nitrogens with zero attached hydrogens (tertiary/aromatic N) is 3. The van der Waals surface area contributed by atoms with Crippen LogP contribution >= 0.6 is 12.2 Å². The van der Waals surface area contributed by atoms with Gasteiger partial charge in [0.05, 0.1) is 17.8 Å². The zero-order valence-electron chi connectivity index (χ0n) is 10.9. The Bertz CT molecular complexity index is 487. The number of nitrogens with one attached hydrogen (secondary N) is 1. The maximum Gasteiger partial charge on any atom is 0.241 e. The third-order valence-corrected chi connectivity index (χ3v) is 2.81. The zero-order valence-corrected chi connectivity index (χ0v) is 11.8. The number of aryl methyl sites for hydroxylation is 1. The van der Waals surface area contributed by atoms with Crippen LogP contribution in [0.1, 0.15) is 16.8 Å². The maximum absolute atomic E-state index is 11.5. The predicted octanol–water partition coefficient (Wildman–Crippen LogP) is 0.228. The van der Waals surface area contributed by atoms with Gasteiger partial charge < -0.3 is 16.0 Å². The summed E-state index contributed by atoms with van der Waals surface area (Å²) < 4.78 is 0. The minimum absolute atomic E-state index is 0.0658. The molecule has 1 aromatic heterocycles. The molecule has 0 atom stereocenters. The van der Waals surface area contributed by atoms with Gasteiger partial charge in [-0.3, -0.25) is 4.79 Å². The summed E-state index contributed by atoms with van der Waals surface area (Å²) in [5, 5.41) is 10.9. The van der Waals surface area contributed by atoms with E-state index in [-0.39, 0.29) is 17.4 Å². The van der Waals surface area contributed by atoms with E-state index in [4.69, 9.17) is 18.0 Å². The largest absolute Gasteiger partial charge is 0.389 e. The van der Waals surface area contributed by atoms with E-state index in [9.17, 15) is 4.79 Å². The fourth-order valence-corrected chi connectivity index (χ4v) is 1.60. The van der Waals surface area contributed by atoms with Crippen LogP contribution in [-0.4, -0.2) is 46.6 Å². The summed E-state index contributed by atoms with van der Waals surface area (Å²) >= 11 is 5.00. The third-order valence-electron chi connectivity index (χ3n) is 2.61. The first-order chi connectivity index (χ1) is 8.34. The topological polar surface area (TPSA) is 84.1 Å². The highest BCUT2D eigenvalue weighted by atomic mass is 32.1. The molecule has 0 unspecified atom stereocenters. The Morgan fingerprint density at radius 1 is 1.39 bits per heavy atom. The average molecular weight is 267 g/mol. The van der Waals surface area contributed by atoms with Gasteiger partial charge in [0, 0.05) is 14.1 Å². The highest BCUT2D eigenvalue weighted by Crippen LogP contribution is 2.17. The second kappa shape index (κ2) is 5.72. The lowest BCUT2D eigenvalue weighted by Crippen LogP contribution is -2.30. The molecular weight excluding hydrogens is 250 g/mol. The molecule has 18 heavy (non-hydrogen) atoms. The van der Waals surface area contributed by atoms with E-state index in [2.05, 4.69) is 15.5 Å². The van der Waals surface area contributed by atoms with Crippen molar-refractivity contribution in [3.8, 4) is 0 Å². The Morgan fingerprint density at radius 3 is 2.50 bits per heavy atom. The Hall–Kier alpha value is -1.76. The van der Waals surface area contributed by atoms with Crippen molar-refractivity contribution in [2.45, 2.75) is 13.8 Å². The SMILES string of the molecule is Cc1nnc(NCC(=O)N(C)C)c(C(N)=S)c1C. The lowest BCUT2D eigenvalue weighted by molar-refractivity contribution is -0.126. The molecule has 0 fully saturated rings. The van der Waals surface area contributed by atoms with E-state index in [1.165, 1.54) is 4.90 Å². The monoisotopic (exact) mass is 267 g/mol. The second-order valence-electron chi connectivity index (χ2n) is 4.14. The van der Waals surface area contributed by atoms with Crippen LogP contribution in [0.5, 0.6) is 0 Å². The summed E-state index contributed by atoms with van der Waals surface area (Å²) in [6.07, 6.45) is 0. The number of anilines is 1. The highest BCUT2D eigenvalue weighted by molar-refractivity contribution is 7.80. The molecule has 0 radical (unpaired) electrons. The molecule has 0 aromatic carbocycles. The lowest BCUT2D eigenvalue weighted by Gasteiger charge is -2.14. The summed E-state index contributed by atoms with van der Waals surface area (Å²) in [4.78, 5) is 13.2. The number of hydrogen-bond donors (Lipinski definition) is 2. The Balaban J connectivity index is 2.99. The molecule has 6 nitrogen and oxygen atoms in total. The molecule has 0 aliphatic carbocycles. The van der Waals surface area contributed by atoms with Gasteiger partial charge in [-0.25, -0.2) is 0 Å². The predicted molar refractivity (Wildman–Crippen MR) is 74.6 cm³/mol. The van der Waals surface area contributed by atoms with Gasteiger partial charge in [0.1, 0.15) is 4.99 Å². The summed E-state index contributed by atoms with van der Waals surface area (Å²) in [6.45, 7) is 3.83. The van der Waals surface area contributed by atoms with Gasteiger partial charge in [-0.05, 0) is 19.4 Å². The number of rotatable bonds is 4. The van der Waals surface area contributed by atoms with Crippen molar-refractivity contribution in [1.82, 2.24) is 15.1 Å². The molecule has 0 saturated heterocycles. The van der Waals surface area contributed by atoms with Gasteiger partial charge in [0.15, 0.2) is 5.82 Å². The lowest BCUT2D eigenvalue weighted by atomic mass is 10.1. The van der Waals surface area contributed by atoms with Gasteiger partial charge in [0.2, 0.25) is 5.91 Å². The smallest absolute Gasteiger partial charge is 0.241 e. The summed E-state index contributed by atoms with van der Waals surface area (Å²) in [5.41, 5.74) is 7.96. The molecule has 0 saturated carbocycles. The minimum Gasteiger partial charge on any atom is -0.389 e. The quantitative estimate of drug-likeness (QED) is 0.760. The molecule has 1 heterocycles. The Morgan fingerprint density at radius 2 is 2.00 bits per heavy atom. The van der Waals surface area contributed by atoms with Gasteiger partial charge in [-0.15, -0.1) is 5.10 Å². The summed E-state index contributed by atoms with van der Waals surface area (Å²) in [7, 11) is 3.37. The first kappa shape index (κ1) is 14.3. The number of thiocarbonyl (C=S) groups is 1. The highest BCUT2D eigenvalue weighted by Gasteiger charge is 2.14. The number of likely N-dealkylation sites (N-methyl/N-ethyl adjacent to an activating group) is 1. The number of carbonyl (C=O) groups is 1. The molecule has 3 N–H and O–H groups in total. The van der Waals surface area contributed by atoms with E-state index in [0.29, 0.717) is 11.4 Å². The van der Waals surface area contributed by atoms with Crippen molar-refractivity contribution < 1.29 is 4.79 Å². The van der Waals surface area contributed by atoms with Gasteiger partial charge in [-0.2, -0.15) is 5.10 Å². The number of carbonyl (C=O) groups excluding carboxylic acids is 1. The van der Waals surface area contributed by atoms with Crippen LogP contribution in [-0.2, 0) is 4.79 Å². The van der Waals surface area contributed by atoms with Crippen molar-refractivity contribution in [3.05, 3.63) is 16.8 Å². The number of aromatic nitrogens is 2. The molecule has 1 amide bonds. The van der Waals surface area contributed by atoms with Crippen molar-refractivity contribution in [2.75, 3.05) is 26.0 Å². The molecule has 0 aliphatic rings. The van der Waals surface area contributed by atoms with E-state index < -0.39 is 0 Å². The number of nitrogens with two attached hydrogens (primary N) is 1. The first-order valence-electron chi connectivity index (χ1n) is 5.42. The van der Waals surface area contributed by atoms with Crippen molar-refractivity contribution >= 4 is 28.9 Å². The molecular formula is C11H17N5OS. The Kier molecular flexibility index (Phi) is 4.55. The second-order valence-corrected chi connectivity index (χ2v) is 4.58. The molecule has 1 rings (SSSR count). The fraction of sp³-hybridized carbons (Fsp3) is 0.455. The van der Waals surface area contributed by atoms with Crippen molar-refractivity contribution in [3.63, 3.8) is 0 Å². The minimum atomic E-state index is -0.0658. The molecule has 1 aromatic rings. The van der Waals surface area contributed by atoms with Gasteiger partial charge in [0.25, 0.3) is 0 Å². The normalized spacial score (nSPS) is 10.0. The maximum atomic E-state index is 11.5. The van der Waals surface area contributed by atoms with E-state index in [0.717, 1.165) is 11.3 Å². The van der Waals surface area contributed by atoms with E-state index in [1.807, 2.05) is 13.8 Å². The molecule has 0 spiro atoms. The molecule has 0 bridgehead atoms. The number of hydrogen-bond acceptors (Lipinski definition) is 5. The molecule has 7 heteroatoms. The summed E-state index contributed by atoms with van der Waals surface area (Å²) in [5.74, 6) is 0.379. The van der Waals surface area contributed by atoms with Crippen LogP contribution in [0.15, 0.2) is 0 Å². The van der Waals surface area contributed by atoms with Gasteiger partial charge >= 0.3 is 0 Å². The van der Waals surface area contributed by atoms with Crippen LogP contribution in [0.4, 0.5) is 5.82 Å². The van der Waals surface area contributed by atoms with E-state index >= 15 is 0 Å². The third kappa shape index (κ3) is 3.13. The van der Waals surface area contributed by atoms with Crippen LogP contribution in [0.2, 0.25) is 0 Å². The standard InChI is InChI=1S/C11H17N5OS/c1-6-7(2)14-15-11(9(6)10(12)18)13-5-8(17)16(3)4/h5H2,1-4H3,(H2,12,18)(H,13,15). The van der Waals surface area contributed by atoms with Crippen LogP contribution in [0.3, 0.4) is 0 Å². The van der Waals surface area contributed by atoms with E-state index in [1.54, 1.807) is 14.1 Å². The zero-order chi connectivity index (χ0) is 13.9. The first-order valence-corrected chi connectivity index (χ1v) is 5.83. The van der Waals surface area contributed by atoms with Crippen LogP contribution in [0.25, 0.3) is 0 Å². The van der Waals surface area contributed by atoms with Crippen molar-refractivity contribution in [2.24, 2.45) is 5.73 Å². The Labute approximate surface area is 112 Å².